The number of rotatable bonds is 4. The summed E-state index contributed by atoms with van der Waals surface area (Å²) in [7, 11) is 0. The van der Waals surface area contributed by atoms with Crippen LogP contribution >= 0.6 is 11.8 Å². The molecule has 5 heteroatoms. The average Bonchev–Trinajstić information content (AvgIpc) is 2.42. The number of esters is 2. The molecule has 15 heavy (non-hydrogen) atoms. The summed E-state index contributed by atoms with van der Waals surface area (Å²) in [5, 5.41) is 0.0759. The van der Waals surface area contributed by atoms with Crippen LogP contribution in [-0.2, 0) is 19.1 Å². The standard InChI is InChI=1S/C10H14O4S/c1-6(5-15-7(2)11)3-8-4-9(12)14-10(8)13/h6,8H,3-5H2,1-2H3. The quantitative estimate of drug-likeness (QED) is 0.539. The van der Waals surface area contributed by atoms with Gasteiger partial charge in [-0.15, -0.1) is 0 Å². The number of carbonyl (C=O) groups is 3. The van der Waals surface area contributed by atoms with Gasteiger partial charge in [0.1, 0.15) is 0 Å². The lowest BCUT2D eigenvalue weighted by Crippen LogP contribution is -2.13. The summed E-state index contributed by atoms with van der Waals surface area (Å²) in [5.74, 6) is -0.230. The van der Waals surface area contributed by atoms with Crippen LogP contribution in [0.5, 0.6) is 0 Å². The molecule has 1 rings (SSSR count). The predicted octanol–water partition coefficient (Wildman–Crippen LogP) is 1.38. The molecule has 84 valence electrons. The zero-order chi connectivity index (χ0) is 11.4. The number of cyclic esters (lactones) is 2. The van der Waals surface area contributed by atoms with Crippen molar-refractivity contribution in [1.29, 1.82) is 0 Å². The molecule has 2 unspecified atom stereocenters. The molecule has 0 amide bonds. The molecule has 1 fully saturated rings. The smallest absolute Gasteiger partial charge is 0.317 e. The van der Waals surface area contributed by atoms with Crippen molar-refractivity contribution in [1.82, 2.24) is 0 Å². The lowest BCUT2D eigenvalue weighted by Gasteiger charge is -2.11. The van der Waals surface area contributed by atoms with E-state index in [2.05, 4.69) is 4.74 Å². The largest absolute Gasteiger partial charge is 0.393 e. The van der Waals surface area contributed by atoms with Gasteiger partial charge in [0.2, 0.25) is 0 Å². The van der Waals surface area contributed by atoms with Gasteiger partial charge in [-0.25, -0.2) is 0 Å². The maximum Gasteiger partial charge on any atom is 0.317 e. The van der Waals surface area contributed by atoms with Crippen molar-refractivity contribution in [2.24, 2.45) is 11.8 Å². The third-order valence-electron chi connectivity index (χ3n) is 2.22. The number of hydrogen-bond donors (Lipinski definition) is 0. The summed E-state index contributed by atoms with van der Waals surface area (Å²) in [6.45, 7) is 3.48. The lowest BCUT2D eigenvalue weighted by atomic mass is 9.96. The zero-order valence-electron chi connectivity index (χ0n) is 8.82. The van der Waals surface area contributed by atoms with Gasteiger partial charge >= 0.3 is 11.9 Å². The zero-order valence-corrected chi connectivity index (χ0v) is 9.63. The Labute approximate surface area is 92.7 Å². The van der Waals surface area contributed by atoms with E-state index < -0.39 is 11.9 Å². The van der Waals surface area contributed by atoms with Gasteiger partial charge in [0.15, 0.2) is 5.12 Å². The molecule has 1 aliphatic heterocycles. The Balaban J connectivity index is 2.31. The molecule has 0 aromatic carbocycles. The fourth-order valence-electron chi connectivity index (χ4n) is 1.51. The van der Waals surface area contributed by atoms with E-state index in [0.717, 1.165) is 0 Å². The Morgan fingerprint density at radius 1 is 1.60 bits per heavy atom. The van der Waals surface area contributed by atoms with Gasteiger partial charge in [-0.1, -0.05) is 18.7 Å². The van der Waals surface area contributed by atoms with Gasteiger partial charge in [0.05, 0.1) is 12.3 Å². The van der Waals surface area contributed by atoms with Crippen LogP contribution in [0.15, 0.2) is 0 Å². The number of carbonyl (C=O) groups excluding carboxylic acids is 3. The van der Waals surface area contributed by atoms with Crippen LogP contribution in [0.4, 0.5) is 0 Å². The molecule has 1 aliphatic rings. The molecule has 0 aromatic heterocycles. The van der Waals surface area contributed by atoms with Crippen molar-refractivity contribution in [3.05, 3.63) is 0 Å². The molecular formula is C10H14O4S. The highest BCUT2D eigenvalue weighted by Gasteiger charge is 2.34. The van der Waals surface area contributed by atoms with Gasteiger partial charge in [-0.05, 0) is 12.3 Å². The summed E-state index contributed by atoms with van der Waals surface area (Å²) >= 11 is 1.25. The lowest BCUT2D eigenvalue weighted by molar-refractivity contribution is -0.153. The van der Waals surface area contributed by atoms with E-state index in [1.807, 2.05) is 6.92 Å². The molecule has 1 heterocycles. The molecule has 0 aromatic rings. The second-order valence-corrected chi connectivity index (χ2v) is 5.03. The molecule has 4 nitrogen and oxygen atoms in total. The van der Waals surface area contributed by atoms with Gasteiger partial charge in [0.25, 0.3) is 0 Å². The molecule has 0 aliphatic carbocycles. The topological polar surface area (TPSA) is 60.4 Å². The molecule has 0 saturated carbocycles. The van der Waals surface area contributed by atoms with Gasteiger partial charge in [-0.2, -0.15) is 0 Å². The van der Waals surface area contributed by atoms with Crippen LogP contribution in [0.25, 0.3) is 0 Å². The monoisotopic (exact) mass is 230 g/mol. The molecule has 2 atom stereocenters. The normalized spacial score (nSPS) is 22.7. The van der Waals surface area contributed by atoms with Crippen molar-refractivity contribution >= 4 is 28.8 Å². The molecular weight excluding hydrogens is 216 g/mol. The van der Waals surface area contributed by atoms with Crippen LogP contribution in [0, 0.1) is 11.8 Å². The first kappa shape index (κ1) is 12.2. The first-order valence-electron chi connectivity index (χ1n) is 4.87. The Morgan fingerprint density at radius 3 is 2.73 bits per heavy atom. The molecule has 0 radical (unpaired) electrons. The van der Waals surface area contributed by atoms with Crippen molar-refractivity contribution < 1.29 is 19.1 Å². The van der Waals surface area contributed by atoms with Crippen molar-refractivity contribution in [3.8, 4) is 0 Å². The highest BCUT2D eigenvalue weighted by molar-refractivity contribution is 8.13. The second-order valence-electron chi connectivity index (χ2n) is 3.84. The van der Waals surface area contributed by atoms with Gasteiger partial charge in [0, 0.05) is 12.7 Å². The minimum absolute atomic E-state index is 0.0759. The Kier molecular flexibility index (Phi) is 4.32. The Morgan fingerprint density at radius 2 is 2.27 bits per heavy atom. The predicted molar refractivity (Wildman–Crippen MR) is 56.1 cm³/mol. The fourth-order valence-corrected chi connectivity index (χ4v) is 2.17. The number of thioether (sulfide) groups is 1. The summed E-state index contributed by atoms with van der Waals surface area (Å²) in [6, 6.07) is 0. The maximum atomic E-state index is 11.1. The van der Waals surface area contributed by atoms with E-state index >= 15 is 0 Å². The molecule has 0 N–H and O–H groups in total. The average molecular weight is 230 g/mol. The van der Waals surface area contributed by atoms with Crippen molar-refractivity contribution in [2.45, 2.75) is 26.7 Å². The van der Waals surface area contributed by atoms with Crippen LogP contribution < -0.4 is 0 Å². The summed E-state index contributed by atoms with van der Waals surface area (Å²) in [5.41, 5.74) is 0. The van der Waals surface area contributed by atoms with E-state index in [4.69, 9.17) is 0 Å². The van der Waals surface area contributed by atoms with E-state index in [1.165, 1.54) is 18.7 Å². The highest BCUT2D eigenvalue weighted by atomic mass is 32.2. The summed E-state index contributed by atoms with van der Waals surface area (Å²) in [4.78, 5) is 32.7. The Hall–Kier alpha value is -0.840. The van der Waals surface area contributed by atoms with Crippen molar-refractivity contribution in [2.75, 3.05) is 5.75 Å². The van der Waals surface area contributed by atoms with Crippen molar-refractivity contribution in [3.63, 3.8) is 0 Å². The minimum atomic E-state index is -0.434. The van der Waals surface area contributed by atoms with E-state index in [1.54, 1.807) is 0 Å². The van der Waals surface area contributed by atoms with Gasteiger partial charge in [-0.3, -0.25) is 14.4 Å². The van der Waals surface area contributed by atoms with Crippen LogP contribution in [0.1, 0.15) is 26.7 Å². The number of ether oxygens (including phenoxy) is 1. The van der Waals surface area contributed by atoms with Gasteiger partial charge < -0.3 is 4.74 Å². The van der Waals surface area contributed by atoms with Crippen LogP contribution in [0.2, 0.25) is 0 Å². The minimum Gasteiger partial charge on any atom is -0.393 e. The van der Waals surface area contributed by atoms with E-state index in [0.29, 0.717) is 12.2 Å². The summed E-state index contributed by atoms with van der Waals surface area (Å²) < 4.78 is 4.45. The van der Waals surface area contributed by atoms with E-state index in [-0.39, 0.29) is 23.4 Å². The third kappa shape index (κ3) is 4.03. The SMILES string of the molecule is CC(=O)SCC(C)CC1CC(=O)OC1=O. The highest BCUT2D eigenvalue weighted by Crippen LogP contribution is 2.25. The fraction of sp³-hybridized carbons (Fsp3) is 0.700. The third-order valence-corrected chi connectivity index (χ3v) is 3.36. The summed E-state index contributed by atoms with van der Waals surface area (Å²) in [6.07, 6.45) is 0.804. The van der Waals surface area contributed by atoms with E-state index in [9.17, 15) is 14.4 Å². The first-order valence-corrected chi connectivity index (χ1v) is 5.85. The maximum absolute atomic E-state index is 11.1. The molecule has 0 spiro atoms. The number of hydrogen-bond acceptors (Lipinski definition) is 5. The Bertz CT molecular complexity index is 287. The molecule has 1 saturated heterocycles. The van der Waals surface area contributed by atoms with Crippen LogP contribution in [-0.4, -0.2) is 22.8 Å². The first-order chi connectivity index (χ1) is 6.99. The molecule has 0 bridgehead atoms. The second kappa shape index (κ2) is 5.30. The van der Waals surface area contributed by atoms with Crippen LogP contribution in [0.3, 0.4) is 0 Å².